The highest BCUT2D eigenvalue weighted by Crippen LogP contribution is 2.31. The van der Waals surface area contributed by atoms with E-state index in [0.717, 1.165) is 32.5 Å². The van der Waals surface area contributed by atoms with Crippen molar-refractivity contribution in [1.29, 1.82) is 0 Å². The molecule has 2 fully saturated rings. The molecule has 0 saturated carbocycles. The van der Waals surface area contributed by atoms with E-state index >= 15 is 0 Å². The van der Waals surface area contributed by atoms with Gasteiger partial charge in [-0.25, -0.2) is 0 Å². The minimum absolute atomic E-state index is 0.388. The van der Waals surface area contributed by atoms with Crippen molar-refractivity contribution in [2.75, 3.05) is 32.8 Å². The summed E-state index contributed by atoms with van der Waals surface area (Å²) in [7, 11) is 0. The molecule has 0 aromatic heterocycles. The molecule has 2 aliphatic rings. The molecule has 4 nitrogen and oxygen atoms in total. The number of aliphatic carboxylic acids is 1. The van der Waals surface area contributed by atoms with Crippen LogP contribution in [0.25, 0.3) is 0 Å². The van der Waals surface area contributed by atoms with Gasteiger partial charge in [-0.3, -0.25) is 4.79 Å². The van der Waals surface area contributed by atoms with E-state index in [1.165, 1.54) is 19.3 Å². The molecule has 1 unspecified atom stereocenters. The third-order valence-electron chi connectivity index (χ3n) is 3.75. The third kappa shape index (κ3) is 2.55. The van der Waals surface area contributed by atoms with Gasteiger partial charge in [-0.05, 0) is 38.8 Å². The summed E-state index contributed by atoms with van der Waals surface area (Å²) < 4.78 is 5.38. The molecule has 0 aliphatic carbocycles. The van der Waals surface area contributed by atoms with Crippen molar-refractivity contribution < 1.29 is 14.6 Å². The van der Waals surface area contributed by atoms with E-state index < -0.39 is 11.4 Å². The summed E-state index contributed by atoms with van der Waals surface area (Å²) in [6.45, 7) is 3.88. The molecule has 0 amide bonds. The van der Waals surface area contributed by atoms with Gasteiger partial charge in [0.2, 0.25) is 0 Å². The molecule has 1 N–H and O–H groups in total. The van der Waals surface area contributed by atoms with Crippen LogP contribution in [0.5, 0.6) is 0 Å². The molecule has 2 heterocycles. The first-order chi connectivity index (χ1) is 7.73. The minimum atomic E-state index is -0.683. The fourth-order valence-corrected chi connectivity index (χ4v) is 2.76. The molecule has 0 bridgehead atoms. The van der Waals surface area contributed by atoms with Gasteiger partial charge in [0.15, 0.2) is 0 Å². The largest absolute Gasteiger partial charge is 0.481 e. The Morgan fingerprint density at radius 3 is 2.56 bits per heavy atom. The highest BCUT2D eigenvalue weighted by molar-refractivity contribution is 5.75. The smallest absolute Gasteiger partial charge is 0.313 e. The number of hydrogen-bond donors (Lipinski definition) is 1. The van der Waals surface area contributed by atoms with Crippen LogP contribution in [-0.2, 0) is 9.53 Å². The van der Waals surface area contributed by atoms with Gasteiger partial charge in [-0.2, -0.15) is 0 Å². The maximum atomic E-state index is 11.4. The lowest BCUT2D eigenvalue weighted by Gasteiger charge is -2.38. The summed E-state index contributed by atoms with van der Waals surface area (Å²) in [6.07, 6.45) is 5.33. The maximum Gasteiger partial charge on any atom is 0.313 e. The van der Waals surface area contributed by atoms with Crippen LogP contribution in [0.3, 0.4) is 0 Å². The summed E-state index contributed by atoms with van der Waals surface area (Å²) in [6, 6.07) is 0. The number of carbonyl (C=O) groups is 1. The average molecular weight is 227 g/mol. The second kappa shape index (κ2) is 5.15. The van der Waals surface area contributed by atoms with Crippen LogP contribution in [0.4, 0.5) is 0 Å². The van der Waals surface area contributed by atoms with Crippen LogP contribution in [0, 0.1) is 5.41 Å². The predicted octanol–water partition coefficient (Wildman–Crippen LogP) is 1.35. The molecular weight excluding hydrogens is 206 g/mol. The van der Waals surface area contributed by atoms with Crippen LogP contribution < -0.4 is 0 Å². The van der Waals surface area contributed by atoms with Gasteiger partial charge < -0.3 is 14.7 Å². The van der Waals surface area contributed by atoms with Crippen LogP contribution in [0.15, 0.2) is 0 Å². The molecule has 16 heavy (non-hydrogen) atoms. The van der Waals surface area contributed by atoms with E-state index in [1.807, 2.05) is 0 Å². The van der Waals surface area contributed by atoms with Crippen LogP contribution >= 0.6 is 0 Å². The van der Waals surface area contributed by atoms with E-state index in [2.05, 4.69) is 4.90 Å². The first-order valence-electron chi connectivity index (χ1n) is 6.26. The highest BCUT2D eigenvalue weighted by Gasteiger charge is 2.42. The fourth-order valence-electron chi connectivity index (χ4n) is 2.76. The van der Waals surface area contributed by atoms with Gasteiger partial charge in [0.1, 0.15) is 5.41 Å². The Hall–Kier alpha value is -0.610. The molecule has 0 spiro atoms. The lowest BCUT2D eigenvalue weighted by atomic mass is 9.81. The topological polar surface area (TPSA) is 49.8 Å². The number of likely N-dealkylation sites (tertiary alicyclic amines) is 1. The van der Waals surface area contributed by atoms with E-state index in [9.17, 15) is 9.90 Å². The van der Waals surface area contributed by atoms with Crippen molar-refractivity contribution >= 4 is 5.97 Å². The summed E-state index contributed by atoms with van der Waals surface area (Å²) in [5, 5.41) is 9.41. The maximum absolute atomic E-state index is 11.4. The highest BCUT2D eigenvalue weighted by atomic mass is 16.5. The molecule has 2 aliphatic heterocycles. The number of ether oxygens (including phenoxy) is 1. The number of piperidine rings is 1. The Bertz CT molecular complexity index is 243. The van der Waals surface area contributed by atoms with Gasteiger partial charge in [0, 0.05) is 13.2 Å². The van der Waals surface area contributed by atoms with Gasteiger partial charge in [0.05, 0.1) is 6.61 Å². The Morgan fingerprint density at radius 2 is 2.00 bits per heavy atom. The monoisotopic (exact) mass is 227 g/mol. The van der Waals surface area contributed by atoms with Gasteiger partial charge in [-0.1, -0.05) is 6.42 Å². The zero-order chi connectivity index (χ0) is 11.4. The van der Waals surface area contributed by atoms with Gasteiger partial charge >= 0.3 is 5.97 Å². The molecule has 2 rings (SSSR count). The van der Waals surface area contributed by atoms with Gasteiger partial charge in [0.25, 0.3) is 0 Å². The Labute approximate surface area is 96.6 Å². The van der Waals surface area contributed by atoms with E-state index in [0.29, 0.717) is 13.2 Å². The van der Waals surface area contributed by atoms with Crippen LogP contribution in [-0.4, -0.2) is 48.8 Å². The second-order valence-electron chi connectivity index (χ2n) is 5.08. The third-order valence-corrected chi connectivity index (χ3v) is 3.75. The number of carboxylic acids is 1. The number of rotatable bonds is 3. The predicted molar refractivity (Wildman–Crippen MR) is 60.4 cm³/mol. The fraction of sp³-hybridized carbons (Fsp3) is 0.917. The summed E-state index contributed by atoms with van der Waals surface area (Å²) in [5.41, 5.74) is -0.643. The molecule has 0 radical (unpaired) electrons. The quantitative estimate of drug-likeness (QED) is 0.790. The number of nitrogens with zero attached hydrogens (tertiary/aromatic N) is 1. The summed E-state index contributed by atoms with van der Waals surface area (Å²) >= 11 is 0. The average Bonchev–Trinajstić information content (AvgIpc) is 2.31. The summed E-state index contributed by atoms with van der Waals surface area (Å²) in [5.74, 6) is -0.683. The SMILES string of the molecule is O=C(O)C1(CN2CCCCC2)CCCOC1. The van der Waals surface area contributed by atoms with Crippen molar-refractivity contribution in [2.24, 2.45) is 5.41 Å². The van der Waals surface area contributed by atoms with Gasteiger partial charge in [-0.15, -0.1) is 0 Å². The zero-order valence-electron chi connectivity index (χ0n) is 9.78. The Morgan fingerprint density at radius 1 is 1.25 bits per heavy atom. The lowest BCUT2D eigenvalue weighted by molar-refractivity contribution is -0.159. The standard InChI is InChI=1S/C12H21NO3/c14-11(15)12(5-4-8-16-10-12)9-13-6-2-1-3-7-13/h1-10H2,(H,14,15). The first kappa shape index (κ1) is 11.9. The van der Waals surface area contributed by atoms with Crippen molar-refractivity contribution in [1.82, 2.24) is 4.90 Å². The minimum Gasteiger partial charge on any atom is -0.481 e. The summed E-state index contributed by atoms with van der Waals surface area (Å²) in [4.78, 5) is 13.7. The van der Waals surface area contributed by atoms with E-state index in [4.69, 9.17) is 4.74 Å². The molecule has 4 heteroatoms. The molecule has 2 saturated heterocycles. The Balaban J connectivity index is 1.98. The van der Waals surface area contributed by atoms with E-state index in [1.54, 1.807) is 0 Å². The molecule has 0 aromatic carbocycles. The molecule has 0 aromatic rings. The molecular formula is C12H21NO3. The second-order valence-corrected chi connectivity index (χ2v) is 5.08. The molecule has 92 valence electrons. The van der Waals surface area contributed by atoms with Crippen molar-refractivity contribution in [2.45, 2.75) is 32.1 Å². The van der Waals surface area contributed by atoms with E-state index in [-0.39, 0.29) is 0 Å². The van der Waals surface area contributed by atoms with Crippen molar-refractivity contribution in [3.63, 3.8) is 0 Å². The zero-order valence-corrected chi connectivity index (χ0v) is 9.78. The van der Waals surface area contributed by atoms with Crippen LogP contribution in [0.1, 0.15) is 32.1 Å². The molecule has 1 atom stereocenters. The normalized spacial score (nSPS) is 32.5. The van der Waals surface area contributed by atoms with Crippen molar-refractivity contribution in [3.05, 3.63) is 0 Å². The number of carboxylic acid groups (broad SMARTS) is 1. The lowest BCUT2D eigenvalue weighted by Crippen LogP contribution is -2.49. The number of hydrogen-bond acceptors (Lipinski definition) is 3. The Kier molecular flexibility index (Phi) is 3.82. The van der Waals surface area contributed by atoms with Crippen LogP contribution in [0.2, 0.25) is 0 Å². The first-order valence-corrected chi connectivity index (χ1v) is 6.26. The van der Waals surface area contributed by atoms with Crippen molar-refractivity contribution in [3.8, 4) is 0 Å².